The summed E-state index contributed by atoms with van der Waals surface area (Å²) in [5.41, 5.74) is 14.8. The summed E-state index contributed by atoms with van der Waals surface area (Å²) in [5, 5.41) is 3.24. The lowest BCUT2D eigenvalue weighted by atomic mass is 10.1. The average Bonchev–Trinajstić information content (AvgIpc) is 2.40. The summed E-state index contributed by atoms with van der Waals surface area (Å²) in [6.45, 7) is 2.07. The Kier molecular flexibility index (Phi) is 4.29. The molecule has 0 aliphatic carbocycles. The van der Waals surface area contributed by atoms with Gasteiger partial charge >= 0.3 is 0 Å². The number of carbonyl (C=O) groups is 1. The van der Waals surface area contributed by atoms with Crippen molar-refractivity contribution in [2.75, 3.05) is 11.1 Å². The van der Waals surface area contributed by atoms with E-state index in [2.05, 4.69) is 28.2 Å². The smallest absolute Gasteiger partial charge is 0.250 e. The highest BCUT2D eigenvalue weighted by Gasteiger charge is 2.10. The lowest BCUT2D eigenvalue weighted by Gasteiger charge is -2.14. The molecule has 0 radical (unpaired) electrons. The Bertz CT molecular complexity index is 656. The van der Waals surface area contributed by atoms with Crippen molar-refractivity contribution in [1.82, 2.24) is 0 Å². The summed E-state index contributed by atoms with van der Waals surface area (Å²) >= 11 is 3.45. The van der Waals surface area contributed by atoms with Gasteiger partial charge in [0.15, 0.2) is 0 Å². The Balaban J connectivity index is 2.44. The SMILES string of the molecule is CCc1cc(Br)ccc1Nc1cc(N)ccc1C(N)=O. The number of carbonyl (C=O) groups excluding carboxylic acids is 1. The van der Waals surface area contributed by atoms with Crippen LogP contribution < -0.4 is 16.8 Å². The third-order valence-electron chi connectivity index (χ3n) is 3.03. The Labute approximate surface area is 126 Å². The number of nitrogens with one attached hydrogen (secondary N) is 1. The van der Waals surface area contributed by atoms with Crippen LogP contribution in [0.3, 0.4) is 0 Å². The molecule has 2 aromatic rings. The van der Waals surface area contributed by atoms with Crippen LogP contribution in [0.5, 0.6) is 0 Å². The summed E-state index contributed by atoms with van der Waals surface area (Å²) in [6, 6.07) is 10.9. The molecule has 0 saturated heterocycles. The van der Waals surface area contributed by atoms with E-state index in [1.165, 1.54) is 0 Å². The second kappa shape index (κ2) is 5.96. The summed E-state index contributed by atoms with van der Waals surface area (Å²) in [7, 11) is 0. The van der Waals surface area contributed by atoms with E-state index in [9.17, 15) is 4.79 Å². The topological polar surface area (TPSA) is 81.1 Å². The Morgan fingerprint density at radius 3 is 2.60 bits per heavy atom. The van der Waals surface area contributed by atoms with Gasteiger partial charge in [-0.2, -0.15) is 0 Å². The van der Waals surface area contributed by atoms with Crippen LogP contribution in [0.25, 0.3) is 0 Å². The summed E-state index contributed by atoms with van der Waals surface area (Å²) in [4.78, 5) is 11.5. The van der Waals surface area contributed by atoms with Gasteiger partial charge in [-0.1, -0.05) is 22.9 Å². The third-order valence-corrected chi connectivity index (χ3v) is 3.52. The van der Waals surface area contributed by atoms with Crippen LogP contribution in [0.2, 0.25) is 0 Å². The van der Waals surface area contributed by atoms with Gasteiger partial charge in [0.2, 0.25) is 0 Å². The fourth-order valence-electron chi connectivity index (χ4n) is 2.00. The highest BCUT2D eigenvalue weighted by atomic mass is 79.9. The first-order chi connectivity index (χ1) is 9.51. The van der Waals surface area contributed by atoms with E-state index in [-0.39, 0.29) is 0 Å². The first-order valence-corrected chi connectivity index (χ1v) is 7.05. The average molecular weight is 334 g/mol. The van der Waals surface area contributed by atoms with Crippen molar-refractivity contribution in [2.45, 2.75) is 13.3 Å². The molecule has 0 aliphatic heterocycles. The molecule has 0 bridgehead atoms. The second-order valence-electron chi connectivity index (χ2n) is 4.45. The minimum Gasteiger partial charge on any atom is -0.399 e. The molecule has 20 heavy (non-hydrogen) atoms. The monoisotopic (exact) mass is 333 g/mol. The van der Waals surface area contributed by atoms with Gasteiger partial charge in [-0.3, -0.25) is 4.79 Å². The number of nitrogens with two attached hydrogens (primary N) is 2. The standard InChI is InChI=1S/C15H16BrN3O/c1-2-9-7-10(16)3-6-13(9)19-14-8-11(17)4-5-12(14)15(18)20/h3-8,19H,2,17H2,1H3,(H2,18,20). The van der Waals surface area contributed by atoms with Crippen molar-refractivity contribution >= 4 is 38.9 Å². The molecule has 0 atom stereocenters. The molecule has 2 aromatic carbocycles. The molecule has 2 rings (SSSR count). The minimum atomic E-state index is -0.484. The number of primary amides is 1. The molecule has 0 spiro atoms. The van der Waals surface area contributed by atoms with Gasteiger partial charge in [0, 0.05) is 15.8 Å². The molecule has 4 nitrogen and oxygen atoms in total. The van der Waals surface area contributed by atoms with E-state index in [0.29, 0.717) is 16.9 Å². The van der Waals surface area contributed by atoms with E-state index in [0.717, 1.165) is 22.1 Å². The zero-order valence-corrected chi connectivity index (χ0v) is 12.7. The fourth-order valence-corrected chi connectivity index (χ4v) is 2.41. The number of hydrogen-bond donors (Lipinski definition) is 3. The molecule has 0 aliphatic rings. The number of benzene rings is 2. The Hall–Kier alpha value is -2.01. The molecule has 104 valence electrons. The van der Waals surface area contributed by atoms with E-state index >= 15 is 0 Å². The lowest BCUT2D eigenvalue weighted by molar-refractivity contribution is 0.100. The molecule has 0 unspecified atom stereocenters. The minimum absolute atomic E-state index is 0.421. The van der Waals surface area contributed by atoms with Crippen molar-refractivity contribution in [3.05, 3.63) is 52.0 Å². The maximum absolute atomic E-state index is 11.5. The summed E-state index contributed by atoms with van der Waals surface area (Å²) in [6.07, 6.45) is 0.871. The lowest BCUT2D eigenvalue weighted by Crippen LogP contribution is -2.13. The molecule has 0 heterocycles. The van der Waals surface area contributed by atoms with E-state index < -0.39 is 5.91 Å². The number of anilines is 3. The number of rotatable bonds is 4. The van der Waals surface area contributed by atoms with Gasteiger partial charge in [-0.15, -0.1) is 0 Å². The van der Waals surface area contributed by atoms with Crippen molar-refractivity contribution in [2.24, 2.45) is 5.73 Å². The van der Waals surface area contributed by atoms with Crippen molar-refractivity contribution < 1.29 is 4.79 Å². The number of hydrogen-bond acceptors (Lipinski definition) is 3. The van der Waals surface area contributed by atoms with Crippen molar-refractivity contribution in [3.8, 4) is 0 Å². The maximum atomic E-state index is 11.5. The van der Waals surface area contributed by atoms with Crippen LogP contribution >= 0.6 is 15.9 Å². The van der Waals surface area contributed by atoms with Crippen LogP contribution in [-0.2, 0) is 6.42 Å². The third kappa shape index (κ3) is 3.11. The normalized spacial score (nSPS) is 10.3. The van der Waals surface area contributed by atoms with Gasteiger partial charge in [0.05, 0.1) is 11.3 Å². The maximum Gasteiger partial charge on any atom is 0.250 e. The molecule has 0 saturated carbocycles. The van der Waals surface area contributed by atoms with Crippen LogP contribution in [0.1, 0.15) is 22.8 Å². The van der Waals surface area contributed by atoms with Crippen LogP contribution in [-0.4, -0.2) is 5.91 Å². The molecule has 5 heteroatoms. The Morgan fingerprint density at radius 1 is 1.20 bits per heavy atom. The van der Waals surface area contributed by atoms with Gasteiger partial charge in [0.1, 0.15) is 0 Å². The quantitative estimate of drug-likeness (QED) is 0.749. The van der Waals surface area contributed by atoms with Crippen LogP contribution in [0.15, 0.2) is 40.9 Å². The number of aryl methyl sites for hydroxylation is 1. The molecule has 0 aromatic heterocycles. The van der Waals surface area contributed by atoms with E-state index in [4.69, 9.17) is 11.5 Å². The highest BCUT2D eigenvalue weighted by Crippen LogP contribution is 2.28. The largest absolute Gasteiger partial charge is 0.399 e. The first kappa shape index (κ1) is 14.4. The summed E-state index contributed by atoms with van der Waals surface area (Å²) < 4.78 is 1.02. The predicted molar refractivity (Wildman–Crippen MR) is 86.2 cm³/mol. The summed E-state index contributed by atoms with van der Waals surface area (Å²) in [5.74, 6) is -0.484. The number of amides is 1. The molecule has 5 N–H and O–H groups in total. The predicted octanol–water partition coefficient (Wildman–Crippen LogP) is 3.44. The first-order valence-electron chi connectivity index (χ1n) is 6.26. The van der Waals surface area contributed by atoms with E-state index in [1.54, 1.807) is 18.2 Å². The zero-order chi connectivity index (χ0) is 14.7. The van der Waals surface area contributed by atoms with Gasteiger partial charge in [-0.05, 0) is 48.4 Å². The second-order valence-corrected chi connectivity index (χ2v) is 5.36. The Morgan fingerprint density at radius 2 is 1.95 bits per heavy atom. The van der Waals surface area contributed by atoms with Gasteiger partial charge < -0.3 is 16.8 Å². The fraction of sp³-hybridized carbons (Fsp3) is 0.133. The van der Waals surface area contributed by atoms with E-state index in [1.807, 2.05) is 18.2 Å². The van der Waals surface area contributed by atoms with Crippen LogP contribution in [0.4, 0.5) is 17.1 Å². The van der Waals surface area contributed by atoms with Crippen molar-refractivity contribution in [3.63, 3.8) is 0 Å². The highest BCUT2D eigenvalue weighted by molar-refractivity contribution is 9.10. The van der Waals surface area contributed by atoms with Crippen LogP contribution in [0, 0.1) is 0 Å². The number of halogens is 1. The van der Waals surface area contributed by atoms with Gasteiger partial charge in [0.25, 0.3) is 5.91 Å². The van der Waals surface area contributed by atoms with Crippen molar-refractivity contribution in [1.29, 1.82) is 0 Å². The number of nitrogen functional groups attached to an aromatic ring is 1. The zero-order valence-electron chi connectivity index (χ0n) is 11.1. The molecule has 1 amide bonds. The molecular formula is C15H16BrN3O. The van der Waals surface area contributed by atoms with Gasteiger partial charge in [-0.25, -0.2) is 0 Å². The molecule has 0 fully saturated rings. The molecular weight excluding hydrogens is 318 g/mol.